The number of aryl methyl sites for hydroxylation is 1. The number of hydrogen-bond donors (Lipinski definition) is 3. The van der Waals surface area contributed by atoms with Crippen LogP contribution in [0, 0.1) is 12.7 Å². The van der Waals surface area contributed by atoms with Gasteiger partial charge in [0.1, 0.15) is 0 Å². The fourth-order valence-electron chi connectivity index (χ4n) is 3.70. The zero-order valence-electron chi connectivity index (χ0n) is 17.0. The van der Waals surface area contributed by atoms with E-state index in [0.29, 0.717) is 29.1 Å². The number of aromatic amines is 1. The van der Waals surface area contributed by atoms with Gasteiger partial charge in [-0.25, -0.2) is 24.4 Å². The van der Waals surface area contributed by atoms with Gasteiger partial charge in [-0.15, -0.1) is 0 Å². The molecule has 0 saturated heterocycles. The van der Waals surface area contributed by atoms with Gasteiger partial charge < -0.3 is 15.4 Å². The molecule has 0 spiro atoms. The average Bonchev–Trinajstić information content (AvgIpc) is 3.18. The second-order valence-electron chi connectivity index (χ2n) is 7.43. The zero-order chi connectivity index (χ0) is 22.7. The van der Waals surface area contributed by atoms with E-state index in [1.807, 2.05) is 0 Å². The lowest BCUT2D eigenvalue weighted by Crippen LogP contribution is -2.22. The Labute approximate surface area is 180 Å². The molecule has 1 fully saturated rings. The number of halogens is 3. The van der Waals surface area contributed by atoms with E-state index < -0.39 is 18.0 Å². The van der Waals surface area contributed by atoms with Gasteiger partial charge in [-0.3, -0.25) is 4.79 Å². The summed E-state index contributed by atoms with van der Waals surface area (Å²) in [6, 6.07) is 1.26. The number of alkyl halides is 2. The fraction of sp³-hybridized carbons (Fsp3) is 0.350. The highest BCUT2D eigenvalue weighted by molar-refractivity contribution is 5.66. The molecule has 3 aromatic rings. The first-order valence-electron chi connectivity index (χ1n) is 9.89. The Morgan fingerprint density at radius 2 is 1.81 bits per heavy atom. The van der Waals surface area contributed by atoms with E-state index in [2.05, 4.69) is 40.5 Å². The van der Waals surface area contributed by atoms with Crippen LogP contribution in [0.25, 0.3) is 11.1 Å². The lowest BCUT2D eigenvalue weighted by atomic mass is 10.1. The first kappa shape index (κ1) is 21.5. The van der Waals surface area contributed by atoms with Crippen molar-refractivity contribution in [2.45, 2.75) is 44.9 Å². The number of anilines is 2. The van der Waals surface area contributed by atoms with E-state index in [4.69, 9.17) is 0 Å². The van der Waals surface area contributed by atoms with Crippen molar-refractivity contribution in [1.82, 2.24) is 25.1 Å². The van der Waals surface area contributed by atoms with Crippen molar-refractivity contribution in [3.63, 3.8) is 0 Å². The molecular formula is C20H20F3N7O2. The molecule has 32 heavy (non-hydrogen) atoms. The van der Waals surface area contributed by atoms with Crippen LogP contribution in [-0.4, -0.2) is 43.8 Å². The molecule has 0 amide bonds. The summed E-state index contributed by atoms with van der Waals surface area (Å²) in [6.45, 7) is -1.22. The summed E-state index contributed by atoms with van der Waals surface area (Å²) >= 11 is 0. The zero-order valence-corrected chi connectivity index (χ0v) is 17.0. The molecule has 3 heterocycles. The highest BCUT2D eigenvalue weighted by Crippen LogP contribution is 2.27. The number of rotatable bonds is 7. The standard InChI is InChI=1S/C20H20F3N7O2/c1-10-6-27-30-18(31)16(10)11-4-15(21)17(24-7-11)28-12-2-3-13(5-12)29-20-25-8-14(9-26-20)32-19(22)23/h4,6-9,12-13,19H,2-3,5H2,1H3,(H,24,28)(H,30,31)(H,25,26,29)/t12-,13-/m0/s1. The van der Waals surface area contributed by atoms with Gasteiger partial charge in [-0.2, -0.15) is 13.9 Å². The lowest BCUT2D eigenvalue weighted by Gasteiger charge is -2.16. The fourth-order valence-corrected chi connectivity index (χ4v) is 3.70. The van der Waals surface area contributed by atoms with E-state index in [1.165, 1.54) is 30.9 Å². The quantitative estimate of drug-likeness (QED) is 0.506. The number of hydrogen-bond acceptors (Lipinski definition) is 8. The van der Waals surface area contributed by atoms with Crippen LogP contribution in [0.15, 0.2) is 35.6 Å². The molecule has 12 heteroatoms. The SMILES string of the molecule is Cc1cn[nH]c(=O)c1-c1cnc(N[C@H]2CC[C@H](Nc3ncc(OC(F)F)cn3)C2)c(F)c1. The number of pyridine rings is 1. The maximum absolute atomic E-state index is 14.7. The third-order valence-electron chi connectivity index (χ3n) is 5.14. The summed E-state index contributed by atoms with van der Waals surface area (Å²) in [7, 11) is 0. The van der Waals surface area contributed by atoms with Crippen LogP contribution < -0.4 is 20.9 Å². The van der Waals surface area contributed by atoms with Crippen molar-refractivity contribution < 1.29 is 17.9 Å². The molecule has 1 aliphatic carbocycles. The molecule has 2 atom stereocenters. The van der Waals surface area contributed by atoms with Crippen molar-refractivity contribution >= 4 is 11.8 Å². The molecule has 9 nitrogen and oxygen atoms in total. The summed E-state index contributed by atoms with van der Waals surface area (Å²) < 4.78 is 43.3. The van der Waals surface area contributed by atoms with Crippen LogP contribution in [0.2, 0.25) is 0 Å². The minimum Gasteiger partial charge on any atom is -0.432 e. The van der Waals surface area contributed by atoms with Gasteiger partial charge in [-0.1, -0.05) is 0 Å². The Bertz CT molecular complexity index is 1140. The van der Waals surface area contributed by atoms with Crippen molar-refractivity contribution in [2.24, 2.45) is 0 Å². The van der Waals surface area contributed by atoms with Crippen LogP contribution in [0.5, 0.6) is 5.75 Å². The van der Waals surface area contributed by atoms with Gasteiger partial charge in [0.15, 0.2) is 17.4 Å². The third-order valence-corrected chi connectivity index (χ3v) is 5.14. The summed E-state index contributed by atoms with van der Waals surface area (Å²) in [5.74, 6) is -0.283. The third kappa shape index (κ3) is 4.95. The Hall–Kier alpha value is -3.70. The number of aromatic nitrogens is 5. The predicted octanol–water partition coefficient (Wildman–Crippen LogP) is 3.12. The molecule has 0 bridgehead atoms. The number of H-pyrrole nitrogens is 1. The van der Waals surface area contributed by atoms with Gasteiger partial charge >= 0.3 is 6.61 Å². The topological polar surface area (TPSA) is 118 Å². The smallest absolute Gasteiger partial charge is 0.387 e. The maximum atomic E-state index is 14.7. The van der Waals surface area contributed by atoms with Gasteiger partial charge in [0, 0.05) is 23.8 Å². The largest absolute Gasteiger partial charge is 0.432 e. The lowest BCUT2D eigenvalue weighted by molar-refractivity contribution is -0.0503. The van der Waals surface area contributed by atoms with E-state index in [-0.39, 0.29) is 23.7 Å². The second kappa shape index (κ2) is 9.20. The van der Waals surface area contributed by atoms with Gasteiger partial charge in [-0.05, 0) is 37.8 Å². The van der Waals surface area contributed by atoms with Crippen molar-refractivity contribution in [3.8, 4) is 16.9 Å². The van der Waals surface area contributed by atoms with Crippen LogP contribution in [0.1, 0.15) is 24.8 Å². The molecule has 0 unspecified atom stereocenters. The molecular weight excluding hydrogens is 427 g/mol. The first-order valence-corrected chi connectivity index (χ1v) is 9.89. The van der Waals surface area contributed by atoms with E-state index >= 15 is 0 Å². The molecule has 0 radical (unpaired) electrons. The van der Waals surface area contributed by atoms with Crippen LogP contribution in [-0.2, 0) is 0 Å². The van der Waals surface area contributed by atoms with Crippen LogP contribution in [0.3, 0.4) is 0 Å². The normalized spacial score (nSPS) is 18.0. The van der Waals surface area contributed by atoms with Crippen molar-refractivity contribution in [1.29, 1.82) is 0 Å². The molecule has 3 aromatic heterocycles. The molecule has 0 aromatic carbocycles. The highest BCUT2D eigenvalue weighted by atomic mass is 19.3. The Kier molecular flexibility index (Phi) is 6.19. The second-order valence-corrected chi connectivity index (χ2v) is 7.43. The first-order chi connectivity index (χ1) is 15.4. The molecule has 1 aliphatic rings. The number of nitrogens with one attached hydrogen (secondary N) is 3. The number of nitrogens with zero attached hydrogens (tertiary/aromatic N) is 4. The minimum atomic E-state index is -2.93. The van der Waals surface area contributed by atoms with Gasteiger partial charge in [0.25, 0.3) is 5.56 Å². The Balaban J connectivity index is 1.37. The maximum Gasteiger partial charge on any atom is 0.387 e. The van der Waals surface area contributed by atoms with E-state index in [9.17, 15) is 18.0 Å². The monoisotopic (exact) mass is 447 g/mol. The van der Waals surface area contributed by atoms with Gasteiger partial charge in [0.05, 0.1) is 24.2 Å². The minimum absolute atomic E-state index is 0.0229. The summed E-state index contributed by atoms with van der Waals surface area (Å²) in [4.78, 5) is 24.1. The predicted molar refractivity (Wildman–Crippen MR) is 110 cm³/mol. The summed E-state index contributed by atoms with van der Waals surface area (Å²) in [5.41, 5.74) is 0.911. The average molecular weight is 447 g/mol. The van der Waals surface area contributed by atoms with E-state index in [1.54, 1.807) is 6.92 Å². The molecule has 168 valence electrons. The van der Waals surface area contributed by atoms with Crippen LogP contribution >= 0.6 is 0 Å². The van der Waals surface area contributed by atoms with Crippen LogP contribution in [0.4, 0.5) is 24.9 Å². The van der Waals surface area contributed by atoms with Crippen molar-refractivity contribution in [2.75, 3.05) is 10.6 Å². The van der Waals surface area contributed by atoms with Crippen molar-refractivity contribution in [3.05, 3.63) is 52.6 Å². The van der Waals surface area contributed by atoms with Gasteiger partial charge in [0.2, 0.25) is 5.95 Å². The Morgan fingerprint density at radius 1 is 1.09 bits per heavy atom. The Morgan fingerprint density at radius 3 is 2.47 bits per heavy atom. The van der Waals surface area contributed by atoms with E-state index in [0.717, 1.165) is 12.8 Å². The molecule has 1 saturated carbocycles. The number of ether oxygens (including phenoxy) is 1. The highest BCUT2D eigenvalue weighted by Gasteiger charge is 2.26. The summed E-state index contributed by atoms with van der Waals surface area (Å²) in [5, 5.41) is 12.3. The molecule has 0 aliphatic heterocycles. The molecule has 4 rings (SSSR count). The molecule has 3 N–H and O–H groups in total. The summed E-state index contributed by atoms with van der Waals surface area (Å²) in [6.07, 6.45) is 7.48.